The van der Waals surface area contributed by atoms with Crippen LogP contribution in [-0.4, -0.2) is 20.4 Å². The van der Waals surface area contributed by atoms with Crippen LogP contribution in [0, 0.1) is 0 Å². The fraction of sp³-hybridized carbons (Fsp3) is 0.0103. The summed E-state index contributed by atoms with van der Waals surface area (Å²) in [6.45, 7) is 6.75. The van der Waals surface area contributed by atoms with Crippen molar-refractivity contribution in [3.8, 4) is 73.1 Å². The molecule has 0 atom stereocenters. The van der Waals surface area contributed by atoms with Gasteiger partial charge in [-0.2, -0.15) is 0 Å². The van der Waals surface area contributed by atoms with Crippen LogP contribution in [0.15, 0.2) is 349 Å². The van der Waals surface area contributed by atoms with Gasteiger partial charge >= 0.3 is 0 Å². The average Bonchev–Trinajstić information content (AvgIpc) is 1.59. The lowest BCUT2D eigenvalue weighted by Gasteiger charge is -2.35. The van der Waals surface area contributed by atoms with Crippen molar-refractivity contribution in [1.82, 2.24) is 13.7 Å². The van der Waals surface area contributed by atoms with E-state index in [1.165, 1.54) is 21.5 Å². The van der Waals surface area contributed by atoms with Crippen molar-refractivity contribution in [2.45, 2.75) is 6.92 Å². The van der Waals surface area contributed by atoms with Crippen molar-refractivity contribution in [2.75, 3.05) is 0 Å². The maximum Gasteiger partial charge on any atom is 0.256 e. The number of nitrogens with zero attached hydrogens (tertiary/aromatic N) is 3. The third-order valence-electron chi connectivity index (χ3n) is 22.2. The standard InChI is InChI=1S/C97H60BN3O3/c1-3-4-32-66(59-26-8-5-9-27-59)58(2)62-51-78(70-36-17-16-34-68(70)61-30-12-7-13-31-61)95-81(52-62)98-80-57-79-77-56-65(100-84-43-24-20-39-73(84)74-40-21-25-44-85(74)100)46-50-89(77)103-97(79)92-91-86(101(94(80)92)87-53-63(54-90(104-95)93(87)98)69-35-15-14-33-67(69)60-28-10-6-11-29-60)48-47-75-76-55-64(45-49-88(76)102-96(75)91)99-82-41-22-18-37-71(82)72-38-19-23-42-83(72)99/h3-57H,2H2,1H3/b4-3-,66-32+. The molecule has 0 spiro atoms. The van der Waals surface area contributed by atoms with Gasteiger partial charge in [-0.3, -0.25) is 0 Å². The number of hydrogen-bond acceptors (Lipinski definition) is 3. The summed E-state index contributed by atoms with van der Waals surface area (Å²) in [5.41, 5.74) is 28.8. The SMILES string of the molecule is C=C(/C(=C\C=C/C)c1ccccc1)c1cc2c(c(-c3ccccc3-c3ccccc3)c1)Oc1cc(-c3ccccc3-c3ccccc3)cc3c1B2c1cc2c4cc(-n5c6ccccc6c6ccccc65)ccc4oc2c2c4c5oc6ccc(-n7c8ccccc8c8ccccc87)cc6c5ccc4n-3c12. The molecule has 7 heteroatoms. The Hall–Kier alpha value is -13.6. The van der Waals surface area contributed by atoms with E-state index in [1.807, 2.05) is 0 Å². The summed E-state index contributed by atoms with van der Waals surface area (Å²) in [6.07, 6.45) is 6.40. The predicted molar refractivity (Wildman–Crippen MR) is 435 cm³/mol. The van der Waals surface area contributed by atoms with Gasteiger partial charge in [-0.15, -0.1) is 0 Å². The van der Waals surface area contributed by atoms with Gasteiger partial charge in [0.05, 0.1) is 43.9 Å². The van der Waals surface area contributed by atoms with Crippen LogP contribution in [0.1, 0.15) is 18.1 Å². The predicted octanol–water partition coefficient (Wildman–Crippen LogP) is 24.1. The second-order valence-electron chi connectivity index (χ2n) is 27.7. The summed E-state index contributed by atoms with van der Waals surface area (Å²) in [5, 5.41) is 10.9. The van der Waals surface area contributed by atoms with Gasteiger partial charge in [0, 0.05) is 65.7 Å². The normalized spacial score (nSPS) is 12.8. The third kappa shape index (κ3) is 8.40. The molecule has 0 N–H and O–H groups in total. The van der Waals surface area contributed by atoms with E-state index in [4.69, 9.17) is 20.2 Å². The summed E-state index contributed by atoms with van der Waals surface area (Å²) in [7, 11) is 0. The van der Waals surface area contributed by atoms with Gasteiger partial charge in [0.15, 0.2) is 0 Å². The summed E-state index contributed by atoms with van der Waals surface area (Å²) >= 11 is 0. The molecular formula is C97H60BN3O3. The molecule has 104 heavy (non-hydrogen) atoms. The van der Waals surface area contributed by atoms with Crippen LogP contribution >= 0.6 is 0 Å². The zero-order valence-corrected chi connectivity index (χ0v) is 56.6. The summed E-state index contributed by atoms with van der Waals surface area (Å²) < 4.78 is 30.5. The first kappa shape index (κ1) is 58.2. The highest BCUT2D eigenvalue weighted by Crippen LogP contribution is 2.51. The molecule has 2 aliphatic heterocycles. The topological polar surface area (TPSA) is 50.3 Å². The van der Waals surface area contributed by atoms with Crippen molar-refractivity contribution < 1.29 is 13.6 Å². The first-order valence-corrected chi connectivity index (χ1v) is 35.7. The highest BCUT2D eigenvalue weighted by atomic mass is 16.5. The van der Waals surface area contributed by atoms with Crippen molar-refractivity contribution in [3.63, 3.8) is 0 Å². The van der Waals surface area contributed by atoms with E-state index < -0.39 is 6.71 Å². The van der Waals surface area contributed by atoms with E-state index in [9.17, 15) is 0 Å². The molecule has 0 saturated carbocycles. The van der Waals surface area contributed by atoms with Crippen molar-refractivity contribution in [3.05, 3.63) is 351 Å². The molecular weight excluding hydrogens is 1270 g/mol. The molecule has 0 saturated heterocycles. The molecule has 6 nitrogen and oxygen atoms in total. The first-order valence-electron chi connectivity index (χ1n) is 35.7. The third-order valence-corrected chi connectivity index (χ3v) is 22.2. The molecule has 0 radical (unpaired) electrons. The fourth-order valence-corrected chi connectivity index (χ4v) is 17.7. The minimum absolute atomic E-state index is 0.397. The smallest absolute Gasteiger partial charge is 0.256 e. The van der Waals surface area contributed by atoms with E-state index in [2.05, 4.69) is 354 Å². The summed E-state index contributed by atoms with van der Waals surface area (Å²) in [5.74, 6) is 1.58. The van der Waals surface area contributed by atoms with Crippen LogP contribution in [0.3, 0.4) is 0 Å². The van der Waals surface area contributed by atoms with Gasteiger partial charge in [0.1, 0.15) is 33.8 Å². The van der Waals surface area contributed by atoms with Crippen molar-refractivity contribution >= 4 is 144 Å². The Morgan fingerprint density at radius 1 is 0.365 bits per heavy atom. The average molecular weight is 1330 g/mol. The number of para-hydroxylation sites is 4. The van der Waals surface area contributed by atoms with Crippen LogP contribution in [0.5, 0.6) is 11.5 Å². The lowest BCUT2D eigenvalue weighted by molar-refractivity contribution is 0.489. The number of aromatic nitrogens is 3. The number of furan rings is 2. The van der Waals surface area contributed by atoms with Crippen LogP contribution in [-0.2, 0) is 0 Å². The van der Waals surface area contributed by atoms with Crippen LogP contribution < -0.4 is 21.1 Å². The number of hydrogen-bond donors (Lipinski definition) is 0. The van der Waals surface area contributed by atoms with Gasteiger partial charge in [-0.1, -0.05) is 249 Å². The number of fused-ring (bicyclic) bond motifs is 21. The number of rotatable bonds is 10. The fourth-order valence-electron chi connectivity index (χ4n) is 17.7. The lowest BCUT2D eigenvalue weighted by Crippen LogP contribution is -2.58. The highest BCUT2D eigenvalue weighted by Gasteiger charge is 2.44. The van der Waals surface area contributed by atoms with E-state index in [0.717, 1.165) is 199 Å². The Labute approximate surface area is 598 Å². The first-order chi connectivity index (χ1) is 51.5. The van der Waals surface area contributed by atoms with Crippen molar-refractivity contribution in [2.24, 2.45) is 0 Å². The second kappa shape index (κ2) is 22.4. The van der Waals surface area contributed by atoms with E-state index in [0.29, 0.717) is 0 Å². The monoisotopic (exact) mass is 1330 g/mol. The number of ether oxygens (including phenoxy) is 1. The minimum Gasteiger partial charge on any atom is -0.458 e. The Morgan fingerprint density at radius 2 is 0.865 bits per heavy atom. The van der Waals surface area contributed by atoms with E-state index >= 15 is 0 Å². The van der Waals surface area contributed by atoms with Gasteiger partial charge < -0.3 is 27.3 Å². The van der Waals surface area contributed by atoms with Gasteiger partial charge in [0.2, 0.25) is 0 Å². The molecule has 15 aromatic carbocycles. The van der Waals surface area contributed by atoms with Crippen LogP contribution in [0.2, 0.25) is 0 Å². The molecule has 0 amide bonds. The molecule has 22 rings (SSSR count). The van der Waals surface area contributed by atoms with E-state index in [-0.39, 0.29) is 0 Å². The largest absolute Gasteiger partial charge is 0.458 e. The summed E-state index contributed by atoms with van der Waals surface area (Å²) in [4.78, 5) is 0. The van der Waals surface area contributed by atoms with Gasteiger partial charge in [-0.25, -0.2) is 0 Å². The van der Waals surface area contributed by atoms with Crippen molar-refractivity contribution in [1.29, 1.82) is 0 Å². The van der Waals surface area contributed by atoms with Gasteiger partial charge in [-0.05, 0) is 176 Å². The molecule has 20 aromatic rings. The lowest BCUT2D eigenvalue weighted by atomic mass is 9.34. The Bertz CT molecular complexity index is 7050. The van der Waals surface area contributed by atoms with Gasteiger partial charge in [0.25, 0.3) is 6.71 Å². The number of benzene rings is 15. The molecule has 2 aliphatic rings. The van der Waals surface area contributed by atoms with Crippen LogP contribution in [0.4, 0.5) is 0 Å². The highest BCUT2D eigenvalue weighted by molar-refractivity contribution is 6.99. The molecule has 484 valence electrons. The number of allylic oxidation sites excluding steroid dienone is 5. The maximum absolute atomic E-state index is 8.02. The Balaban J connectivity index is 0.890. The zero-order chi connectivity index (χ0) is 68.4. The molecule has 0 unspecified atom stereocenters. The van der Waals surface area contributed by atoms with Crippen LogP contribution in [0.25, 0.3) is 182 Å². The second-order valence-corrected chi connectivity index (χ2v) is 27.7. The Kier molecular flexibility index (Phi) is 12.6. The van der Waals surface area contributed by atoms with E-state index in [1.54, 1.807) is 0 Å². The molecule has 0 fully saturated rings. The minimum atomic E-state index is -0.397. The molecule has 7 heterocycles. The Morgan fingerprint density at radius 3 is 1.44 bits per heavy atom. The quantitative estimate of drug-likeness (QED) is 0.101. The summed E-state index contributed by atoms with van der Waals surface area (Å²) in [6, 6.07) is 115. The molecule has 0 bridgehead atoms. The molecule has 5 aromatic heterocycles. The zero-order valence-electron chi connectivity index (χ0n) is 56.6. The molecule has 0 aliphatic carbocycles. The maximum atomic E-state index is 8.02.